The Kier molecular flexibility index (Phi) is 6.70. The van der Waals surface area contributed by atoms with Crippen LogP contribution in [0.1, 0.15) is 31.2 Å². The average molecular weight is 486 g/mol. The van der Waals surface area contributed by atoms with Crippen LogP contribution in [0.4, 0.5) is 0 Å². The Bertz CT molecular complexity index is 1450. The number of hydrogen-bond acceptors (Lipinski definition) is 7. The summed E-state index contributed by atoms with van der Waals surface area (Å²) in [6.45, 7) is 4.55. The van der Waals surface area contributed by atoms with Crippen LogP contribution in [-0.4, -0.2) is 62.9 Å². The summed E-state index contributed by atoms with van der Waals surface area (Å²) < 4.78 is 30.6. The lowest BCUT2D eigenvalue weighted by atomic mass is 10.2. The lowest BCUT2D eigenvalue weighted by Crippen LogP contribution is -2.48. The predicted molar refractivity (Wildman–Crippen MR) is 126 cm³/mol. The normalized spacial score (nSPS) is 15.6. The Morgan fingerprint density at radius 2 is 1.79 bits per heavy atom. The number of piperazine rings is 1. The summed E-state index contributed by atoms with van der Waals surface area (Å²) in [7, 11) is -1.89. The third-order valence-corrected chi connectivity index (χ3v) is 8.07. The smallest absolute Gasteiger partial charge is 0.324 e. The molecule has 0 unspecified atom stereocenters. The summed E-state index contributed by atoms with van der Waals surface area (Å²) in [5.41, 5.74) is 0.212. The molecule has 4 rings (SSSR count). The highest BCUT2D eigenvalue weighted by Crippen LogP contribution is 2.19. The molecule has 12 heteroatoms. The van der Waals surface area contributed by atoms with Crippen LogP contribution in [0, 0.1) is 11.3 Å². The second-order valence-corrected chi connectivity index (χ2v) is 10.3. The molecule has 34 heavy (non-hydrogen) atoms. The molecular formula is C22H27N7O4S. The molecular weight excluding hydrogens is 458 g/mol. The Labute approximate surface area is 196 Å². The van der Waals surface area contributed by atoms with E-state index in [9.17, 15) is 18.0 Å². The van der Waals surface area contributed by atoms with Gasteiger partial charge in [-0.2, -0.15) is 9.57 Å². The summed E-state index contributed by atoms with van der Waals surface area (Å²) in [6, 6.07) is 7.89. The zero-order valence-electron chi connectivity index (χ0n) is 19.2. The van der Waals surface area contributed by atoms with Gasteiger partial charge in [0.15, 0.2) is 11.2 Å². The van der Waals surface area contributed by atoms with E-state index in [2.05, 4.69) is 14.9 Å². The molecule has 2 aromatic heterocycles. The van der Waals surface area contributed by atoms with Gasteiger partial charge in [-0.15, -0.1) is 0 Å². The molecule has 0 spiro atoms. The molecule has 1 saturated heterocycles. The van der Waals surface area contributed by atoms with Crippen LogP contribution >= 0.6 is 0 Å². The predicted octanol–water partition coefficient (Wildman–Crippen LogP) is 0.602. The fourth-order valence-corrected chi connectivity index (χ4v) is 5.56. The summed E-state index contributed by atoms with van der Waals surface area (Å²) in [5.74, 6) is 0.639. The van der Waals surface area contributed by atoms with Gasteiger partial charge >= 0.3 is 5.69 Å². The van der Waals surface area contributed by atoms with Crippen LogP contribution in [0.5, 0.6) is 0 Å². The number of H-pyrrole nitrogens is 1. The number of nitrogens with one attached hydrogen (secondary N) is 1. The van der Waals surface area contributed by atoms with Gasteiger partial charge in [0.05, 0.1) is 23.1 Å². The first-order valence-corrected chi connectivity index (χ1v) is 12.6. The highest BCUT2D eigenvalue weighted by Gasteiger charge is 2.29. The molecule has 3 aromatic rings. The molecule has 3 heterocycles. The third kappa shape index (κ3) is 4.42. The molecule has 0 atom stereocenters. The molecule has 0 bridgehead atoms. The molecule has 0 radical (unpaired) electrons. The number of imidazole rings is 1. The van der Waals surface area contributed by atoms with E-state index >= 15 is 0 Å². The van der Waals surface area contributed by atoms with Crippen molar-refractivity contribution in [3.8, 4) is 6.07 Å². The lowest BCUT2D eigenvalue weighted by molar-refractivity contribution is 0.177. The number of aryl methyl sites for hydroxylation is 2. The van der Waals surface area contributed by atoms with Gasteiger partial charge in [0.1, 0.15) is 5.82 Å². The number of benzene rings is 1. The van der Waals surface area contributed by atoms with E-state index in [-0.39, 0.29) is 4.90 Å². The second-order valence-electron chi connectivity index (χ2n) is 8.34. The Hall–Kier alpha value is -3.27. The van der Waals surface area contributed by atoms with Crippen LogP contribution in [-0.2, 0) is 30.2 Å². The maximum Gasteiger partial charge on any atom is 0.330 e. The quantitative estimate of drug-likeness (QED) is 0.517. The number of aromatic nitrogens is 4. The van der Waals surface area contributed by atoms with E-state index in [1.54, 1.807) is 11.6 Å². The first kappa shape index (κ1) is 23.9. The van der Waals surface area contributed by atoms with Gasteiger partial charge in [-0.05, 0) is 30.7 Å². The van der Waals surface area contributed by atoms with Crippen molar-refractivity contribution in [2.45, 2.75) is 37.8 Å². The van der Waals surface area contributed by atoms with Crippen molar-refractivity contribution in [1.82, 2.24) is 28.3 Å². The highest BCUT2D eigenvalue weighted by molar-refractivity contribution is 7.89. The van der Waals surface area contributed by atoms with Crippen molar-refractivity contribution in [3.05, 3.63) is 56.5 Å². The van der Waals surface area contributed by atoms with Crippen LogP contribution in [0.2, 0.25) is 0 Å². The number of nitrogens with zero attached hydrogens (tertiary/aromatic N) is 6. The Morgan fingerprint density at radius 3 is 2.41 bits per heavy atom. The van der Waals surface area contributed by atoms with E-state index < -0.39 is 21.3 Å². The molecule has 1 fully saturated rings. The van der Waals surface area contributed by atoms with Gasteiger partial charge in [0, 0.05) is 39.8 Å². The molecule has 0 aliphatic carbocycles. The van der Waals surface area contributed by atoms with Gasteiger partial charge in [-0.25, -0.2) is 18.2 Å². The summed E-state index contributed by atoms with van der Waals surface area (Å²) in [6.07, 6.45) is 1.70. The third-order valence-electron chi connectivity index (χ3n) is 6.16. The fourth-order valence-electron chi connectivity index (χ4n) is 4.13. The molecule has 1 N–H and O–H groups in total. The summed E-state index contributed by atoms with van der Waals surface area (Å²) in [4.78, 5) is 34.0. The van der Waals surface area contributed by atoms with Gasteiger partial charge in [-0.1, -0.05) is 13.3 Å². The standard InChI is InChI=1S/C22H27N7O4S/c1-3-4-9-29-20-19(21(30)25-22(29)31)26(2)18(24-20)15-27-10-12-28(13-11-27)34(32,33)17-7-5-16(14-23)6-8-17/h5-8H,3-4,9-13,15H2,1-2H3,(H,25,30,31). The minimum atomic E-state index is -3.64. The maximum atomic E-state index is 13.0. The zero-order chi connectivity index (χ0) is 24.5. The van der Waals surface area contributed by atoms with Crippen molar-refractivity contribution in [3.63, 3.8) is 0 Å². The average Bonchev–Trinajstić information content (AvgIpc) is 3.15. The maximum absolute atomic E-state index is 13.0. The number of sulfonamides is 1. The van der Waals surface area contributed by atoms with Crippen molar-refractivity contribution < 1.29 is 8.42 Å². The highest BCUT2D eigenvalue weighted by atomic mass is 32.2. The van der Waals surface area contributed by atoms with E-state index in [1.165, 1.54) is 33.1 Å². The largest absolute Gasteiger partial charge is 0.330 e. The minimum absolute atomic E-state index is 0.166. The molecule has 1 aromatic carbocycles. The van der Waals surface area contributed by atoms with E-state index in [0.717, 1.165) is 12.8 Å². The zero-order valence-corrected chi connectivity index (χ0v) is 20.0. The topological polar surface area (TPSA) is 137 Å². The number of rotatable bonds is 7. The van der Waals surface area contributed by atoms with Crippen LogP contribution < -0.4 is 11.2 Å². The number of nitriles is 1. The molecule has 1 aliphatic heterocycles. The van der Waals surface area contributed by atoms with Crippen LogP contribution in [0.3, 0.4) is 0 Å². The van der Waals surface area contributed by atoms with Gasteiger partial charge in [0.2, 0.25) is 10.0 Å². The molecule has 0 amide bonds. The van der Waals surface area contributed by atoms with Crippen LogP contribution in [0.25, 0.3) is 11.2 Å². The van der Waals surface area contributed by atoms with Crippen LogP contribution in [0.15, 0.2) is 38.8 Å². The Balaban J connectivity index is 1.51. The van der Waals surface area contributed by atoms with Gasteiger partial charge < -0.3 is 4.57 Å². The van der Waals surface area contributed by atoms with E-state index in [1.807, 2.05) is 13.0 Å². The Morgan fingerprint density at radius 1 is 1.12 bits per heavy atom. The summed E-state index contributed by atoms with van der Waals surface area (Å²) in [5, 5.41) is 8.92. The number of aromatic amines is 1. The van der Waals surface area contributed by atoms with Crippen molar-refractivity contribution in [2.24, 2.45) is 7.05 Å². The SMILES string of the molecule is CCCCn1c(=O)[nH]c(=O)c2c1nc(CN1CCN(S(=O)(=O)c3ccc(C#N)cc3)CC1)n2C. The molecule has 180 valence electrons. The number of unbranched alkanes of at least 4 members (excludes halogenated alkanes) is 1. The number of hydrogen-bond donors (Lipinski definition) is 1. The van der Waals surface area contributed by atoms with E-state index in [4.69, 9.17) is 5.26 Å². The van der Waals surface area contributed by atoms with E-state index in [0.29, 0.717) is 61.8 Å². The number of fused-ring (bicyclic) bond motifs is 1. The molecule has 0 saturated carbocycles. The van der Waals surface area contributed by atoms with Gasteiger partial charge in [0.25, 0.3) is 5.56 Å². The second kappa shape index (κ2) is 9.54. The first-order valence-electron chi connectivity index (χ1n) is 11.2. The van der Waals surface area contributed by atoms with Crippen molar-refractivity contribution in [2.75, 3.05) is 26.2 Å². The van der Waals surface area contributed by atoms with Crippen molar-refractivity contribution in [1.29, 1.82) is 5.26 Å². The lowest BCUT2D eigenvalue weighted by Gasteiger charge is -2.33. The van der Waals surface area contributed by atoms with Crippen molar-refractivity contribution >= 4 is 21.2 Å². The first-order chi connectivity index (χ1) is 16.3. The summed E-state index contributed by atoms with van der Waals surface area (Å²) >= 11 is 0. The fraction of sp³-hybridized carbons (Fsp3) is 0.455. The molecule has 1 aliphatic rings. The molecule has 11 nitrogen and oxygen atoms in total. The van der Waals surface area contributed by atoms with Gasteiger partial charge in [-0.3, -0.25) is 19.2 Å². The monoisotopic (exact) mass is 485 g/mol. The minimum Gasteiger partial charge on any atom is -0.324 e.